The van der Waals surface area contributed by atoms with Crippen LogP contribution < -0.4 is 0 Å². The standard InChI is InChI=1S/C8H16IN/c1-7-4-8(2,3)10(5-7)6-9/h7H,4-6H2,1-3H3/t7-/m0/s1. The van der Waals surface area contributed by atoms with Crippen molar-refractivity contribution in [2.24, 2.45) is 5.92 Å². The van der Waals surface area contributed by atoms with Crippen molar-refractivity contribution in [2.75, 3.05) is 11.1 Å². The maximum Gasteiger partial charge on any atom is 0.0511 e. The molecule has 1 nitrogen and oxygen atoms in total. The highest BCUT2D eigenvalue weighted by Gasteiger charge is 2.34. The van der Waals surface area contributed by atoms with Crippen molar-refractivity contribution >= 4 is 22.6 Å². The Balaban J connectivity index is 2.58. The van der Waals surface area contributed by atoms with Crippen LogP contribution in [0.4, 0.5) is 0 Å². The molecule has 1 atom stereocenters. The second-order valence-electron chi connectivity index (χ2n) is 3.96. The van der Waals surface area contributed by atoms with E-state index >= 15 is 0 Å². The van der Waals surface area contributed by atoms with Gasteiger partial charge in [0.2, 0.25) is 0 Å². The Bertz CT molecular complexity index is 122. The summed E-state index contributed by atoms with van der Waals surface area (Å²) in [6.45, 7) is 8.31. The number of hydrogen-bond acceptors (Lipinski definition) is 1. The smallest absolute Gasteiger partial charge is 0.0511 e. The summed E-state index contributed by atoms with van der Waals surface area (Å²) in [6.07, 6.45) is 1.36. The van der Waals surface area contributed by atoms with E-state index in [1.165, 1.54) is 17.5 Å². The Hall–Kier alpha value is 0.690. The number of halogens is 1. The lowest BCUT2D eigenvalue weighted by Crippen LogP contribution is -2.36. The number of alkyl halides is 1. The minimum absolute atomic E-state index is 0.459. The van der Waals surface area contributed by atoms with Crippen LogP contribution in [-0.4, -0.2) is 21.5 Å². The van der Waals surface area contributed by atoms with Gasteiger partial charge in [0.05, 0.1) is 4.55 Å². The van der Waals surface area contributed by atoms with Crippen LogP contribution in [0.15, 0.2) is 0 Å². The fourth-order valence-electron chi connectivity index (χ4n) is 1.88. The minimum atomic E-state index is 0.459. The summed E-state index contributed by atoms with van der Waals surface area (Å²) < 4.78 is 1.18. The van der Waals surface area contributed by atoms with Crippen molar-refractivity contribution in [3.63, 3.8) is 0 Å². The molecule has 0 unspecified atom stereocenters. The van der Waals surface area contributed by atoms with Crippen LogP contribution in [0.1, 0.15) is 27.2 Å². The lowest BCUT2D eigenvalue weighted by atomic mass is 9.98. The third kappa shape index (κ3) is 1.64. The normalized spacial score (nSPS) is 33.0. The molecular formula is C8H16IN. The maximum atomic E-state index is 2.55. The fraction of sp³-hybridized carbons (Fsp3) is 1.00. The van der Waals surface area contributed by atoms with Gasteiger partial charge in [0.25, 0.3) is 0 Å². The van der Waals surface area contributed by atoms with Crippen molar-refractivity contribution in [3.8, 4) is 0 Å². The summed E-state index contributed by atoms with van der Waals surface area (Å²) in [6, 6.07) is 0. The molecule has 1 fully saturated rings. The Labute approximate surface area is 77.3 Å². The van der Waals surface area contributed by atoms with Gasteiger partial charge in [-0.15, -0.1) is 0 Å². The first-order valence-corrected chi connectivity index (χ1v) is 5.40. The SMILES string of the molecule is C[C@@H]1CN(CI)C(C)(C)C1. The van der Waals surface area contributed by atoms with Gasteiger partial charge in [0.1, 0.15) is 0 Å². The van der Waals surface area contributed by atoms with E-state index in [2.05, 4.69) is 48.3 Å². The molecule has 0 amide bonds. The van der Waals surface area contributed by atoms with E-state index < -0.39 is 0 Å². The summed E-state index contributed by atoms with van der Waals surface area (Å²) in [5, 5.41) is 0. The molecule has 0 saturated carbocycles. The first-order chi connectivity index (χ1) is 4.56. The van der Waals surface area contributed by atoms with Gasteiger partial charge in [-0.25, -0.2) is 0 Å². The topological polar surface area (TPSA) is 3.24 Å². The quantitative estimate of drug-likeness (QED) is 0.394. The molecule has 1 saturated heterocycles. The van der Waals surface area contributed by atoms with Crippen LogP contribution in [0.3, 0.4) is 0 Å². The summed E-state index contributed by atoms with van der Waals surface area (Å²) in [4.78, 5) is 2.55. The lowest BCUT2D eigenvalue weighted by Gasteiger charge is -2.29. The third-order valence-corrected chi connectivity index (χ3v) is 3.20. The molecule has 1 heterocycles. The molecule has 0 spiro atoms. The first kappa shape index (κ1) is 8.78. The van der Waals surface area contributed by atoms with E-state index in [0.717, 1.165) is 5.92 Å². The van der Waals surface area contributed by atoms with Crippen LogP contribution in [0, 0.1) is 5.92 Å². The van der Waals surface area contributed by atoms with Crippen LogP contribution in [-0.2, 0) is 0 Å². The van der Waals surface area contributed by atoms with E-state index in [0.29, 0.717) is 5.54 Å². The average Bonchev–Trinajstić information content (AvgIpc) is 2.04. The summed E-state index contributed by atoms with van der Waals surface area (Å²) in [5.74, 6) is 0.893. The molecule has 2 heteroatoms. The van der Waals surface area contributed by atoms with E-state index in [1.54, 1.807) is 0 Å². The first-order valence-electron chi connectivity index (χ1n) is 3.87. The van der Waals surface area contributed by atoms with Crippen molar-refractivity contribution in [2.45, 2.75) is 32.7 Å². The predicted molar refractivity (Wildman–Crippen MR) is 53.5 cm³/mol. The highest BCUT2D eigenvalue weighted by atomic mass is 127. The van der Waals surface area contributed by atoms with Crippen molar-refractivity contribution < 1.29 is 0 Å². The molecule has 1 aliphatic heterocycles. The summed E-state index contributed by atoms with van der Waals surface area (Å²) >= 11 is 2.45. The third-order valence-electron chi connectivity index (χ3n) is 2.38. The molecule has 0 N–H and O–H groups in total. The van der Waals surface area contributed by atoms with Gasteiger partial charge in [-0.1, -0.05) is 29.5 Å². The minimum Gasteiger partial charge on any atom is -0.289 e. The van der Waals surface area contributed by atoms with Gasteiger partial charge in [0.15, 0.2) is 0 Å². The highest BCUT2D eigenvalue weighted by molar-refractivity contribution is 14.1. The zero-order chi connectivity index (χ0) is 7.78. The highest BCUT2D eigenvalue weighted by Crippen LogP contribution is 2.32. The molecule has 0 aromatic heterocycles. The molecular weight excluding hydrogens is 237 g/mol. The van der Waals surface area contributed by atoms with E-state index in [9.17, 15) is 0 Å². The van der Waals surface area contributed by atoms with E-state index in [-0.39, 0.29) is 0 Å². The van der Waals surface area contributed by atoms with Gasteiger partial charge < -0.3 is 0 Å². The summed E-state index contributed by atoms with van der Waals surface area (Å²) in [5.41, 5.74) is 0.459. The molecule has 1 rings (SSSR count). The number of likely N-dealkylation sites (tertiary alicyclic amines) is 1. The van der Waals surface area contributed by atoms with Gasteiger partial charge in [-0.2, -0.15) is 0 Å². The van der Waals surface area contributed by atoms with Gasteiger partial charge in [-0.05, 0) is 26.2 Å². The molecule has 0 aromatic rings. The predicted octanol–water partition coefficient (Wildman–Crippen LogP) is 2.50. The van der Waals surface area contributed by atoms with Crippen LogP contribution in [0.25, 0.3) is 0 Å². The molecule has 0 radical (unpaired) electrons. The van der Waals surface area contributed by atoms with Crippen molar-refractivity contribution in [1.29, 1.82) is 0 Å². The van der Waals surface area contributed by atoms with Crippen molar-refractivity contribution in [3.05, 3.63) is 0 Å². The largest absolute Gasteiger partial charge is 0.289 e. The van der Waals surface area contributed by atoms with Gasteiger partial charge in [-0.3, -0.25) is 4.90 Å². The second-order valence-corrected chi connectivity index (χ2v) is 4.65. The van der Waals surface area contributed by atoms with Crippen LogP contribution in [0.2, 0.25) is 0 Å². The zero-order valence-corrected chi connectivity index (χ0v) is 9.18. The molecule has 10 heavy (non-hydrogen) atoms. The van der Waals surface area contributed by atoms with Gasteiger partial charge in [0, 0.05) is 12.1 Å². The molecule has 1 aliphatic rings. The fourth-order valence-corrected chi connectivity index (χ4v) is 3.08. The molecule has 0 aliphatic carbocycles. The Kier molecular flexibility index (Phi) is 2.61. The Morgan fingerprint density at radius 3 is 2.40 bits per heavy atom. The maximum absolute atomic E-state index is 2.55. The van der Waals surface area contributed by atoms with Crippen LogP contribution >= 0.6 is 22.6 Å². The van der Waals surface area contributed by atoms with E-state index in [1.807, 2.05) is 0 Å². The second kappa shape index (κ2) is 2.97. The zero-order valence-electron chi connectivity index (χ0n) is 7.02. The monoisotopic (exact) mass is 253 g/mol. The van der Waals surface area contributed by atoms with Crippen molar-refractivity contribution in [1.82, 2.24) is 4.90 Å². The average molecular weight is 253 g/mol. The number of hydrogen-bond donors (Lipinski definition) is 0. The Morgan fingerprint density at radius 1 is 1.60 bits per heavy atom. The van der Waals surface area contributed by atoms with Crippen LogP contribution in [0.5, 0.6) is 0 Å². The molecule has 60 valence electrons. The number of nitrogens with zero attached hydrogens (tertiary/aromatic N) is 1. The van der Waals surface area contributed by atoms with Gasteiger partial charge >= 0.3 is 0 Å². The lowest BCUT2D eigenvalue weighted by molar-refractivity contribution is 0.213. The Morgan fingerprint density at radius 2 is 2.20 bits per heavy atom. The number of rotatable bonds is 1. The molecule has 0 aromatic carbocycles. The summed E-state index contributed by atoms with van der Waals surface area (Å²) in [7, 11) is 0. The molecule has 0 bridgehead atoms. The van der Waals surface area contributed by atoms with E-state index in [4.69, 9.17) is 0 Å².